The van der Waals surface area contributed by atoms with E-state index in [1.807, 2.05) is 12.1 Å². The number of aliphatic carboxylic acids is 1. The van der Waals surface area contributed by atoms with Gasteiger partial charge >= 0.3 is 5.97 Å². The minimum absolute atomic E-state index is 0.279. The standard InChI is InChI=1S/C22H28O3/c1-17-9-7-10-18(2)21(17)16-25-20-13-8-12-19(15-20)11-5-3-4-6-14-22(23)24/h7-10,12-13,15H,3-6,11,14,16H2,1-2H3,(H,23,24). The molecule has 0 heterocycles. The molecule has 2 aromatic carbocycles. The number of ether oxygens (including phenoxy) is 1. The Morgan fingerprint density at radius 3 is 2.36 bits per heavy atom. The molecule has 3 nitrogen and oxygen atoms in total. The fourth-order valence-electron chi connectivity index (χ4n) is 2.98. The zero-order chi connectivity index (χ0) is 18.1. The van der Waals surface area contributed by atoms with Crippen LogP contribution in [0.1, 0.15) is 54.4 Å². The molecule has 0 saturated carbocycles. The first-order valence-corrected chi connectivity index (χ1v) is 9.05. The first-order valence-electron chi connectivity index (χ1n) is 9.05. The molecule has 25 heavy (non-hydrogen) atoms. The van der Waals surface area contributed by atoms with Crippen LogP contribution in [0.3, 0.4) is 0 Å². The number of hydrogen-bond donors (Lipinski definition) is 1. The van der Waals surface area contributed by atoms with Gasteiger partial charge in [-0.25, -0.2) is 0 Å². The van der Waals surface area contributed by atoms with Crippen LogP contribution in [0.25, 0.3) is 0 Å². The van der Waals surface area contributed by atoms with E-state index >= 15 is 0 Å². The summed E-state index contributed by atoms with van der Waals surface area (Å²) in [5.74, 6) is 0.208. The quantitative estimate of drug-likeness (QED) is 0.584. The highest BCUT2D eigenvalue weighted by Gasteiger charge is 2.04. The molecule has 0 aliphatic rings. The number of unbranched alkanes of at least 4 members (excludes halogenated alkanes) is 3. The Hall–Kier alpha value is -2.29. The summed E-state index contributed by atoms with van der Waals surface area (Å²) in [6.45, 7) is 4.83. The van der Waals surface area contributed by atoms with E-state index in [-0.39, 0.29) is 6.42 Å². The molecule has 0 aromatic heterocycles. The van der Waals surface area contributed by atoms with Gasteiger partial charge in [0.1, 0.15) is 12.4 Å². The molecule has 0 spiro atoms. The van der Waals surface area contributed by atoms with Crippen molar-refractivity contribution in [2.45, 2.75) is 59.0 Å². The van der Waals surface area contributed by atoms with Crippen LogP contribution in [0.2, 0.25) is 0 Å². The molecule has 0 unspecified atom stereocenters. The second kappa shape index (κ2) is 9.87. The fraction of sp³-hybridized carbons (Fsp3) is 0.409. The summed E-state index contributed by atoms with van der Waals surface area (Å²) in [7, 11) is 0. The minimum atomic E-state index is -0.700. The van der Waals surface area contributed by atoms with E-state index in [9.17, 15) is 4.79 Å². The van der Waals surface area contributed by atoms with Crippen LogP contribution in [-0.4, -0.2) is 11.1 Å². The molecular weight excluding hydrogens is 312 g/mol. The monoisotopic (exact) mass is 340 g/mol. The molecule has 0 aliphatic heterocycles. The van der Waals surface area contributed by atoms with E-state index in [1.54, 1.807) is 0 Å². The lowest BCUT2D eigenvalue weighted by Crippen LogP contribution is -2.01. The maximum Gasteiger partial charge on any atom is 0.303 e. The first-order chi connectivity index (χ1) is 12.1. The molecule has 134 valence electrons. The highest BCUT2D eigenvalue weighted by Crippen LogP contribution is 2.20. The normalized spacial score (nSPS) is 10.6. The smallest absolute Gasteiger partial charge is 0.303 e. The molecule has 2 aromatic rings. The van der Waals surface area contributed by atoms with Crippen LogP contribution in [0.4, 0.5) is 0 Å². The molecule has 0 radical (unpaired) electrons. The zero-order valence-corrected chi connectivity index (χ0v) is 15.3. The Balaban J connectivity index is 1.80. The third-order valence-electron chi connectivity index (χ3n) is 4.53. The number of rotatable bonds is 10. The van der Waals surface area contributed by atoms with Crippen molar-refractivity contribution in [3.8, 4) is 5.75 Å². The SMILES string of the molecule is Cc1cccc(C)c1COc1cccc(CCCCCCC(=O)O)c1. The fourth-order valence-corrected chi connectivity index (χ4v) is 2.98. The van der Waals surface area contributed by atoms with Gasteiger partial charge in [-0.1, -0.05) is 43.2 Å². The predicted octanol–water partition coefficient (Wildman–Crippen LogP) is 5.46. The summed E-state index contributed by atoms with van der Waals surface area (Å²) in [5, 5.41) is 8.63. The lowest BCUT2D eigenvalue weighted by Gasteiger charge is -2.12. The van der Waals surface area contributed by atoms with Gasteiger partial charge in [-0.2, -0.15) is 0 Å². The highest BCUT2D eigenvalue weighted by molar-refractivity contribution is 5.66. The van der Waals surface area contributed by atoms with Crippen LogP contribution >= 0.6 is 0 Å². The van der Waals surface area contributed by atoms with E-state index in [2.05, 4.69) is 44.2 Å². The van der Waals surface area contributed by atoms with Crippen molar-refractivity contribution in [1.82, 2.24) is 0 Å². The summed E-state index contributed by atoms with van der Waals surface area (Å²) in [5.41, 5.74) is 5.05. The molecule has 0 bridgehead atoms. The van der Waals surface area contributed by atoms with Crippen molar-refractivity contribution < 1.29 is 14.6 Å². The number of carboxylic acid groups (broad SMARTS) is 1. The number of carboxylic acids is 1. The summed E-state index contributed by atoms with van der Waals surface area (Å²) >= 11 is 0. The van der Waals surface area contributed by atoms with Crippen LogP contribution in [-0.2, 0) is 17.8 Å². The second-order valence-electron chi connectivity index (χ2n) is 6.61. The maximum atomic E-state index is 10.5. The van der Waals surface area contributed by atoms with Crippen molar-refractivity contribution >= 4 is 5.97 Å². The summed E-state index contributed by atoms with van der Waals surface area (Å²) < 4.78 is 6.00. The van der Waals surface area contributed by atoms with E-state index in [4.69, 9.17) is 9.84 Å². The van der Waals surface area contributed by atoms with Gasteiger partial charge < -0.3 is 9.84 Å². The van der Waals surface area contributed by atoms with Crippen LogP contribution in [0.5, 0.6) is 5.75 Å². The number of aryl methyl sites for hydroxylation is 3. The Labute approximate surface area is 150 Å². The van der Waals surface area contributed by atoms with Crippen LogP contribution in [0, 0.1) is 13.8 Å². The molecule has 0 atom stereocenters. The highest BCUT2D eigenvalue weighted by atomic mass is 16.5. The van der Waals surface area contributed by atoms with Gasteiger partial charge in [-0.15, -0.1) is 0 Å². The Morgan fingerprint density at radius 1 is 0.960 bits per heavy atom. The lowest BCUT2D eigenvalue weighted by atomic mass is 10.0. The van der Waals surface area contributed by atoms with Crippen LogP contribution in [0.15, 0.2) is 42.5 Å². The van der Waals surface area contributed by atoms with Crippen molar-refractivity contribution in [3.05, 3.63) is 64.7 Å². The van der Waals surface area contributed by atoms with Gasteiger partial charge in [0.2, 0.25) is 0 Å². The maximum absolute atomic E-state index is 10.5. The van der Waals surface area contributed by atoms with Gasteiger partial charge in [0.25, 0.3) is 0 Å². The van der Waals surface area contributed by atoms with Crippen molar-refractivity contribution in [3.63, 3.8) is 0 Å². The molecule has 0 saturated heterocycles. The summed E-state index contributed by atoms with van der Waals surface area (Å²) in [6, 6.07) is 14.6. The topological polar surface area (TPSA) is 46.5 Å². The summed E-state index contributed by atoms with van der Waals surface area (Å²) in [4.78, 5) is 10.5. The van der Waals surface area contributed by atoms with E-state index in [0.717, 1.165) is 37.9 Å². The van der Waals surface area contributed by atoms with Crippen molar-refractivity contribution in [1.29, 1.82) is 0 Å². The Bertz CT molecular complexity index is 671. The number of benzene rings is 2. The van der Waals surface area contributed by atoms with E-state index in [0.29, 0.717) is 6.61 Å². The molecule has 0 amide bonds. The number of hydrogen-bond acceptors (Lipinski definition) is 2. The Kier molecular flexibility index (Phi) is 7.52. The van der Waals surface area contributed by atoms with Gasteiger partial charge in [-0.3, -0.25) is 4.79 Å². The predicted molar refractivity (Wildman–Crippen MR) is 101 cm³/mol. The van der Waals surface area contributed by atoms with Crippen LogP contribution < -0.4 is 4.74 Å². The van der Waals surface area contributed by atoms with Gasteiger partial charge in [0, 0.05) is 6.42 Å². The molecule has 2 rings (SSSR count). The lowest BCUT2D eigenvalue weighted by molar-refractivity contribution is -0.137. The first kappa shape index (κ1) is 19.0. The summed E-state index contributed by atoms with van der Waals surface area (Å²) in [6.07, 6.45) is 5.19. The third-order valence-corrected chi connectivity index (χ3v) is 4.53. The average Bonchev–Trinajstić information content (AvgIpc) is 2.58. The van der Waals surface area contributed by atoms with Crippen molar-refractivity contribution in [2.24, 2.45) is 0 Å². The number of carbonyl (C=O) groups is 1. The minimum Gasteiger partial charge on any atom is -0.489 e. The Morgan fingerprint density at radius 2 is 1.64 bits per heavy atom. The van der Waals surface area contributed by atoms with Crippen molar-refractivity contribution in [2.75, 3.05) is 0 Å². The largest absolute Gasteiger partial charge is 0.489 e. The molecule has 3 heteroatoms. The third kappa shape index (κ3) is 6.61. The molecule has 0 fully saturated rings. The molecule has 1 N–H and O–H groups in total. The molecular formula is C22H28O3. The molecule has 0 aliphatic carbocycles. The zero-order valence-electron chi connectivity index (χ0n) is 15.3. The van der Waals surface area contributed by atoms with E-state index in [1.165, 1.54) is 22.3 Å². The van der Waals surface area contributed by atoms with E-state index < -0.39 is 5.97 Å². The average molecular weight is 340 g/mol. The van der Waals surface area contributed by atoms with Gasteiger partial charge in [0.15, 0.2) is 0 Å². The van der Waals surface area contributed by atoms with Gasteiger partial charge in [0.05, 0.1) is 0 Å². The van der Waals surface area contributed by atoms with Gasteiger partial charge in [-0.05, 0) is 67.5 Å². The second-order valence-corrected chi connectivity index (χ2v) is 6.61.